The second-order valence-electron chi connectivity index (χ2n) is 1.24. The second-order valence-corrected chi connectivity index (χ2v) is 2.58. The normalized spacial score (nSPS) is 6.80. The van der Waals surface area contributed by atoms with E-state index in [1.165, 1.54) is 0 Å². The topological polar surface area (TPSA) is 0 Å². The number of hydrogen-bond donors (Lipinski definition) is 0. The predicted molar refractivity (Wildman–Crippen MR) is 20.9 cm³/mol. The van der Waals surface area contributed by atoms with Crippen molar-refractivity contribution in [1.29, 1.82) is 0 Å². The molecule has 0 aliphatic rings. The molecule has 0 aliphatic heterocycles. The van der Waals surface area contributed by atoms with Gasteiger partial charge < -0.3 is 12.4 Å². The van der Waals surface area contributed by atoms with Crippen LogP contribution in [0.15, 0.2) is 0 Å². The molecule has 0 nitrogen and oxygen atoms in total. The average molecular weight is 106 g/mol. The Hall–Kier alpha value is 0.822. The Balaban J connectivity index is 0. The Morgan fingerprint density at radius 1 is 1.40 bits per heavy atom. The monoisotopic (exact) mass is 105 g/mol. The van der Waals surface area contributed by atoms with E-state index in [1.54, 1.807) is 0 Å². The molecule has 0 N–H and O–H groups in total. The van der Waals surface area contributed by atoms with Crippen LogP contribution in [0.3, 0.4) is 0 Å². The summed E-state index contributed by atoms with van der Waals surface area (Å²) in [5.74, 6) is 0. The molecular weight excluding hydrogens is 98.5 g/mol. The van der Waals surface area contributed by atoms with E-state index in [9.17, 15) is 0 Å². The predicted octanol–water partition coefficient (Wildman–Crippen LogP) is -2.01. The summed E-state index contributed by atoms with van der Waals surface area (Å²) in [6.45, 7) is 4.26. The quantitative estimate of drug-likeness (QED) is 0.312. The van der Waals surface area contributed by atoms with Crippen LogP contribution in [-0.2, 0) is 0 Å². The van der Waals surface area contributed by atoms with E-state index in [0.29, 0.717) is 0 Å². The van der Waals surface area contributed by atoms with Crippen LogP contribution >= 0.6 is 0 Å². The first-order valence-electron chi connectivity index (χ1n) is 1.49. The van der Waals surface area contributed by atoms with Crippen molar-refractivity contribution in [3.8, 4) is 0 Å². The Morgan fingerprint density at radius 2 is 1.40 bits per heavy atom. The van der Waals surface area contributed by atoms with Crippen molar-refractivity contribution in [2.45, 2.75) is 18.6 Å². The first kappa shape index (κ1) is 9.27. The fraction of sp³-hybridized carbons (Fsp3) is 1.00. The molecule has 0 fully saturated rings. The van der Waals surface area contributed by atoms with Crippen LogP contribution in [0, 0.1) is 0 Å². The summed E-state index contributed by atoms with van der Waals surface area (Å²) in [6, 6.07) is 0. The Bertz CT molecular complexity index is 11.6. The smallest absolute Gasteiger partial charge is 1.00 e. The molecule has 0 bridgehead atoms. The van der Waals surface area contributed by atoms with Gasteiger partial charge in [0.2, 0.25) is 0 Å². The van der Waals surface area contributed by atoms with E-state index in [0.717, 1.165) is 4.78 Å². The van der Waals surface area contributed by atoms with Gasteiger partial charge in [-0.25, -0.2) is 0 Å². The zero-order valence-corrected chi connectivity index (χ0v) is 5.44. The van der Waals surface area contributed by atoms with Crippen LogP contribution in [0.5, 0.6) is 0 Å². The summed E-state index contributed by atoms with van der Waals surface area (Å²) in [7, 11) is 0. The first-order chi connectivity index (χ1) is 1.73. The molecule has 0 saturated carbocycles. The van der Waals surface area contributed by atoms with E-state index in [1.807, 2.05) is 0 Å². The van der Waals surface area contributed by atoms with Crippen LogP contribution in [-0.4, -0.2) is 16.3 Å². The van der Waals surface area contributed by atoms with Crippen LogP contribution in [0.25, 0.3) is 0 Å². The van der Waals surface area contributed by atoms with Crippen LogP contribution in [0.2, 0.25) is 4.78 Å². The number of rotatable bonds is 0. The van der Waals surface area contributed by atoms with Gasteiger partial charge in [0.05, 0.1) is 0 Å². The van der Waals surface area contributed by atoms with Gasteiger partial charge in [-0.15, -0.1) is 0 Å². The third-order valence-electron chi connectivity index (χ3n) is 0. The molecule has 0 aromatic carbocycles. The summed E-state index contributed by atoms with van der Waals surface area (Å²) in [5, 5.41) is 0. The minimum atomic E-state index is 0. The average Bonchev–Trinajstić information content (AvgIpc) is 0.811. The standard InChI is InChI=1S/C3H7.Al.ClH/c1-3-2;;/h3H,1-2H3;;1H/q;+1;/p-1. The van der Waals surface area contributed by atoms with E-state index < -0.39 is 0 Å². The van der Waals surface area contributed by atoms with Crippen LogP contribution < -0.4 is 12.4 Å². The van der Waals surface area contributed by atoms with Gasteiger partial charge in [0.1, 0.15) is 0 Å². The van der Waals surface area contributed by atoms with Gasteiger partial charge in [0.15, 0.2) is 0 Å². The minimum Gasteiger partial charge on any atom is -1.00 e. The Morgan fingerprint density at radius 3 is 1.40 bits per heavy atom. The summed E-state index contributed by atoms with van der Waals surface area (Å²) < 4.78 is 0.750. The van der Waals surface area contributed by atoms with Crippen LogP contribution in [0.4, 0.5) is 0 Å². The molecular formula is C3H7AlCl. The molecule has 0 rings (SSSR count). The van der Waals surface area contributed by atoms with Crippen LogP contribution in [0.1, 0.15) is 13.8 Å². The molecule has 0 aromatic rings. The fourth-order valence-corrected chi connectivity index (χ4v) is 0. The molecule has 5 heavy (non-hydrogen) atoms. The van der Waals surface area contributed by atoms with Crippen molar-refractivity contribution in [2.75, 3.05) is 0 Å². The van der Waals surface area contributed by atoms with E-state index >= 15 is 0 Å². The van der Waals surface area contributed by atoms with Gasteiger partial charge in [-0.1, -0.05) is 0 Å². The van der Waals surface area contributed by atoms with Gasteiger partial charge in [-0.2, -0.15) is 0 Å². The summed E-state index contributed by atoms with van der Waals surface area (Å²) in [5.41, 5.74) is 0. The first-order valence-corrected chi connectivity index (χ1v) is 2.15. The third kappa shape index (κ3) is 56.8. The molecule has 1 radical (unpaired) electrons. The van der Waals surface area contributed by atoms with Gasteiger partial charge in [-0.3, -0.25) is 0 Å². The van der Waals surface area contributed by atoms with Gasteiger partial charge >= 0.3 is 34.9 Å². The Labute approximate surface area is 47.8 Å². The fourth-order valence-electron chi connectivity index (χ4n) is 0. The largest absolute Gasteiger partial charge is 1.00 e. The van der Waals surface area contributed by atoms with Crippen molar-refractivity contribution in [1.82, 2.24) is 0 Å². The zero-order valence-electron chi connectivity index (χ0n) is 3.53. The maximum absolute atomic E-state index is 2.66. The molecule has 0 spiro atoms. The molecule has 0 amide bonds. The molecule has 2 heteroatoms. The minimum absolute atomic E-state index is 0. The zero-order chi connectivity index (χ0) is 3.58. The number of halogens is 1. The molecule has 0 aliphatic carbocycles. The van der Waals surface area contributed by atoms with E-state index in [-0.39, 0.29) is 12.4 Å². The molecule has 29 valence electrons. The van der Waals surface area contributed by atoms with Gasteiger partial charge in [-0.05, 0) is 0 Å². The van der Waals surface area contributed by atoms with E-state index in [4.69, 9.17) is 0 Å². The number of hydrogen-bond acceptors (Lipinski definition) is 0. The maximum Gasteiger partial charge on any atom is -1.00 e. The third-order valence-corrected chi connectivity index (χ3v) is 0. The summed E-state index contributed by atoms with van der Waals surface area (Å²) in [4.78, 5) is 0. The SMILES string of the molecule is C[CH](C)[Al+].[Cl-]. The summed E-state index contributed by atoms with van der Waals surface area (Å²) in [6.07, 6.45) is 0. The maximum atomic E-state index is 2.66. The molecule has 0 unspecified atom stereocenters. The second kappa shape index (κ2) is 4.82. The summed E-state index contributed by atoms with van der Waals surface area (Å²) >= 11 is 2.66. The van der Waals surface area contributed by atoms with Crippen molar-refractivity contribution >= 4 is 16.3 Å². The van der Waals surface area contributed by atoms with Crippen molar-refractivity contribution in [3.05, 3.63) is 0 Å². The molecule has 0 atom stereocenters. The van der Waals surface area contributed by atoms with Crippen molar-refractivity contribution < 1.29 is 12.4 Å². The van der Waals surface area contributed by atoms with E-state index in [2.05, 4.69) is 30.1 Å². The molecule has 0 aromatic heterocycles. The van der Waals surface area contributed by atoms with Gasteiger partial charge in [0.25, 0.3) is 0 Å². The van der Waals surface area contributed by atoms with Gasteiger partial charge in [0, 0.05) is 0 Å². The molecule has 0 saturated heterocycles. The van der Waals surface area contributed by atoms with Crippen molar-refractivity contribution in [2.24, 2.45) is 0 Å². The molecule has 0 heterocycles. The Kier molecular flexibility index (Phi) is 8.94. The van der Waals surface area contributed by atoms with Crippen molar-refractivity contribution in [3.63, 3.8) is 0 Å².